The first-order valence-corrected chi connectivity index (χ1v) is 6.89. The SMILES string of the molecule is COC(=O)c1sc(C#CC(C)(C)C)cc1NC(=O)C(F)(F)F. The van der Waals surface area contributed by atoms with Crippen LogP contribution in [0.1, 0.15) is 35.3 Å². The van der Waals surface area contributed by atoms with Crippen molar-refractivity contribution in [2.24, 2.45) is 5.41 Å². The molecule has 0 atom stereocenters. The van der Waals surface area contributed by atoms with E-state index in [0.717, 1.165) is 18.4 Å². The minimum atomic E-state index is -5.05. The zero-order chi connectivity index (χ0) is 17.1. The number of thiophene rings is 1. The molecule has 22 heavy (non-hydrogen) atoms. The van der Waals surface area contributed by atoms with Gasteiger partial charge in [0.1, 0.15) is 4.88 Å². The predicted octanol–water partition coefficient (Wildman–Crippen LogP) is 3.43. The lowest BCUT2D eigenvalue weighted by Crippen LogP contribution is -2.30. The Morgan fingerprint density at radius 3 is 2.32 bits per heavy atom. The van der Waals surface area contributed by atoms with Crippen LogP contribution in [0.15, 0.2) is 6.07 Å². The van der Waals surface area contributed by atoms with E-state index >= 15 is 0 Å². The van der Waals surface area contributed by atoms with Crippen LogP contribution in [0.4, 0.5) is 18.9 Å². The first-order valence-electron chi connectivity index (χ1n) is 6.07. The smallest absolute Gasteiger partial charge is 0.465 e. The van der Waals surface area contributed by atoms with Crippen molar-refractivity contribution in [1.29, 1.82) is 0 Å². The van der Waals surface area contributed by atoms with Crippen molar-refractivity contribution >= 4 is 28.9 Å². The van der Waals surface area contributed by atoms with Crippen LogP contribution >= 0.6 is 11.3 Å². The summed E-state index contributed by atoms with van der Waals surface area (Å²) in [6, 6.07) is 1.22. The predicted molar refractivity (Wildman–Crippen MR) is 76.7 cm³/mol. The van der Waals surface area contributed by atoms with E-state index in [-0.39, 0.29) is 16.0 Å². The van der Waals surface area contributed by atoms with Crippen molar-refractivity contribution in [3.63, 3.8) is 0 Å². The molecule has 0 fully saturated rings. The summed E-state index contributed by atoms with van der Waals surface area (Å²) < 4.78 is 41.4. The Labute approximate surface area is 129 Å². The number of carbonyl (C=O) groups excluding carboxylic acids is 2. The molecule has 1 aromatic heterocycles. The molecule has 1 N–H and O–H groups in total. The average molecular weight is 333 g/mol. The van der Waals surface area contributed by atoms with Crippen LogP contribution < -0.4 is 5.32 Å². The zero-order valence-electron chi connectivity index (χ0n) is 12.3. The summed E-state index contributed by atoms with van der Waals surface area (Å²) in [7, 11) is 1.10. The number of methoxy groups -OCH3 is 1. The maximum absolute atomic E-state index is 12.3. The molecule has 0 bridgehead atoms. The molecule has 0 unspecified atom stereocenters. The summed E-state index contributed by atoms with van der Waals surface area (Å²) in [5, 5.41) is 1.66. The molecule has 1 aromatic rings. The van der Waals surface area contributed by atoms with Gasteiger partial charge in [-0.1, -0.05) is 11.8 Å². The van der Waals surface area contributed by atoms with E-state index in [1.165, 1.54) is 6.07 Å². The second-order valence-electron chi connectivity index (χ2n) is 5.30. The fourth-order valence-electron chi connectivity index (χ4n) is 1.23. The van der Waals surface area contributed by atoms with Crippen molar-refractivity contribution in [3.8, 4) is 11.8 Å². The fourth-order valence-corrected chi connectivity index (χ4v) is 2.12. The van der Waals surface area contributed by atoms with Gasteiger partial charge < -0.3 is 10.1 Å². The molecule has 4 nitrogen and oxygen atoms in total. The molecule has 0 radical (unpaired) electrons. The average Bonchev–Trinajstić information content (AvgIpc) is 2.76. The first kappa shape index (κ1) is 18.0. The Bertz CT molecular complexity index is 645. The normalized spacial score (nSPS) is 11.4. The molecule has 0 saturated carbocycles. The third-order valence-electron chi connectivity index (χ3n) is 2.17. The molecule has 0 saturated heterocycles. The Morgan fingerprint density at radius 2 is 1.86 bits per heavy atom. The summed E-state index contributed by atoms with van der Waals surface area (Å²) in [4.78, 5) is 22.8. The molecule has 0 aromatic carbocycles. The number of hydrogen-bond acceptors (Lipinski definition) is 4. The second kappa shape index (κ2) is 6.40. The molecule has 8 heteroatoms. The fraction of sp³-hybridized carbons (Fsp3) is 0.429. The Balaban J connectivity index is 3.19. The monoisotopic (exact) mass is 333 g/mol. The standard InChI is InChI=1S/C14H14F3NO3S/c1-13(2,3)6-5-8-7-9(10(22-8)11(19)21-4)18-12(20)14(15,16)17/h7H,1-4H3,(H,18,20). The molecule has 0 aliphatic carbocycles. The minimum Gasteiger partial charge on any atom is -0.465 e. The van der Waals surface area contributed by atoms with E-state index in [1.54, 1.807) is 5.32 Å². The Morgan fingerprint density at radius 1 is 1.27 bits per heavy atom. The molecule has 1 rings (SSSR count). The molecular weight excluding hydrogens is 319 g/mol. The van der Waals surface area contributed by atoms with Gasteiger partial charge in [-0.05, 0) is 26.8 Å². The lowest BCUT2D eigenvalue weighted by molar-refractivity contribution is -0.167. The van der Waals surface area contributed by atoms with Crippen LogP contribution in [0, 0.1) is 17.3 Å². The van der Waals surface area contributed by atoms with Gasteiger partial charge in [-0.15, -0.1) is 11.3 Å². The van der Waals surface area contributed by atoms with Crippen LogP contribution in [0.2, 0.25) is 0 Å². The number of halogens is 3. The lowest BCUT2D eigenvalue weighted by Gasteiger charge is -2.07. The molecule has 1 heterocycles. The number of esters is 1. The third kappa shape index (κ3) is 5.07. The van der Waals surface area contributed by atoms with Gasteiger partial charge in [0, 0.05) is 5.41 Å². The topological polar surface area (TPSA) is 55.4 Å². The summed E-state index contributed by atoms with van der Waals surface area (Å²) in [6.07, 6.45) is -5.05. The Kier molecular flexibility index (Phi) is 5.25. The van der Waals surface area contributed by atoms with E-state index in [2.05, 4.69) is 16.6 Å². The molecule has 1 amide bonds. The van der Waals surface area contributed by atoms with Crippen LogP contribution in [0.25, 0.3) is 0 Å². The number of rotatable bonds is 2. The van der Waals surface area contributed by atoms with E-state index in [1.807, 2.05) is 20.8 Å². The Hall–Kier alpha value is -2.01. The molecule has 0 spiro atoms. The van der Waals surface area contributed by atoms with Crippen molar-refractivity contribution in [2.75, 3.05) is 12.4 Å². The van der Waals surface area contributed by atoms with Crippen molar-refractivity contribution in [2.45, 2.75) is 26.9 Å². The van der Waals surface area contributed by atoms with Crippen molar-refractivity contribution < 1.29 is 27.5 Å². The van der Waals surface area contributed by atoms with Crippen LogP contribution in [0.5, 0.6) is 0 Å². The number of anilines is 1. The van der Waals surface area contributed by atoms with Gasteiger partial charge >= 0.3 is 18.1 Å². The highest BCUT2D eigenvalue weighted by atomic mass is 32.1. The van der Waals surface area contributed by atoms with Gasteiger partial charge in [-0.2, -0.15) is 13.2 Å². The summed E-state index contributed by atoms with van der Waals surface area (Å²) >= 11 is 0.855. The number of ether oxygens (including phenoxy) is 1. The number of carbonyl (C=O) groups is 2. The highest BCUT2D eigenvalue weighted by molar-refractivity contribution is 7.15. The number of alkyl halides is 3. The quantitative estimate of drug-likeness (QED) is 0.666. The molecular formula is C14H14F3NO3S. The van der Waals surface area contributed by atoms with E-state index in [9.17, 15) is 22.8 Å². The minimum absolute atomic E-state index is 0.140. The maximum atomic E-state index is 12.3. The maximum Gasteiger partial charge on any atom is 0.471 e. The summed E-state index contributed by atoms with van der Waals surface area (Å²) in [6.45, 7) is 5.59. The van der Waals surface area contributed by atoms with Crippen LogP contribution in [0.3, 0.4) is 0 Å². The number of hydrogen-bond donors (Lipinski definition) is 1. The summed E-state index contributed by atoms with van der Waals surface area (Å²) in [5.74, 6) is 2.65. The lowest BCUT2D eigenvalue weighted by atomic mass is 9.98. The van der Waals surface area contributed by atoms with Gasteiger partial charge in [0.2, 0.25) is 0 Å². The van der Waals surface area contributed by atoms with E-state index in [4.69, 9.17) is 0 Å². The van der Waals surface area contributed by atoms with Gasteiger partial charge in [-0.3, -0.25) is 4.79 Å². The highest BCUT2D eigenvalue weighted by Crippen LogP contribution is 2.29. The van der Waals surface area contributed by atoms with E-state index < -0.39 is 18.1 Å². The third-order valence-corrected chi connectivity index (χ3v) is 3.20. The number of nitrogens with one attached hydrogen (secondary N) is 1. The van der Waals surface area contributed by atoms with Crippen molar-refractivity contribution in [1.82, 2.24) is 0 Å². The highest BCUT2D eigenvalue weighted by Gasteiger charge is 2.39. The van der Waals surface area contributed by atoms with E-state index in [0.29, 0.717) is 4.88 Å². The van der Waals surface area contributed by atoms with Gasteiger partial charge in [-0.25, -0.2) is 4.79 Å². The molecule has 0 aliphatic rings. The second-order valence-corrected chi connectivity index (χ2v) is 6.35. The van der Waals surface area contributed by atoms with Gasteiger partial charge in [0.15, 0.2) is 0 Å². The van der Waals surface area contributed by atoms with Crippen LogP contribution in [-0.2, 0) is 9.53 Å². The van der Waals surface area contributed by atoms with Gasteiger partial charge in [0.05, 0.1) is 17.7 Å². The van der Waals surface area contributed by atoms with Crippen molar-refractivity contribution in [3.05, 3.63) is 15.8 Å². The zero-order valence-corrected chi connectivity index (χ0v) is 13.2. The summed E-state index contributed by atoms with van der Waals surface area (Å²) in [5.41, 5.74) is -0.581. The first-order chi connectivity index (χ1) is 9.94. The van der Waals surface area contributed by atoms with Crippen LogP contribution in [-0.4, -0.2) is 25.2 Å². The van der Waals surface area contributed by atoms with Gasteiger partial charge in [0.25, 0.3) is 0 Å². The molecule has 0 aliphatic heterocycles. The largest absolute Gasteiger partial charge is 0.471 e. The number of amides is 1. The molecule has 120 valence electrons.